The van der Waals surface area contributed by atoms with Crippen molar-refractivity contribution in [2.45, 2.75) is 11.4 Å². The topological polar surface area (TPSA) is 85.1 Å². The van der Waals surface area contributed by atoms with Crippen molar-refractivity contribution in [2.24, 2.45) is 0 Å². The minimum Gasteiger partial charge on any atom is -0.399 e. The molecule has 0 spiro atoms. The summed E-state index contributed by atoms with van der Waals surface area (Å²) in [6, 6.07) is 4.56. The highest BCUT2D eigenvalue weighted by molar-refractivity contribution is 9.10. The van der Waals surface area contributed by atoms with E-state index in [-0.39, 0.29) is 11.4 Å². The Bertz CT molecular complexity index is 641. The Morgan fingerprint density at radius 2 is 2.22 bits per heavy atom. The molecule has 3 N–H and O–H groups in total. The maximum atomic E-state index is 12.1. The maximum absolute atomic E-state index is 12.1. The van der Waals surface area contributed by atoms with Gasteiger partial charge in [0, 0.05) is 21.7 Å². The van der Waals surface area contributed by atoms with E-state index in [0.29, 0.717) is 15.2 Å². The van der Waals surface area contributed by atoms with Crippen LogP contribution in [0.15, 0.2) is 39.1 Å². The molecule has 0 atom stereocenters. The first-order chi connectivity index (χ1) is 8.49. The molecule has 0 aliphatic rings. The molecule has 1 heterocycles. The molecule has 1 aromatic heterocycles. The highest BCUT2D eigenvalue weighted by Gasteiger charge is 2.17. The van der Waals surface area contributed by atoms with Crippen LogP contribution in [0.25, 0.3) is 0 Å². The summed E-state index contributed by atoms with van der Waals surface area (Å²) >= 11 is 4.59. The predicted molar refractivity (Wildman–Crippen MR) is 74.7 cm³/mol. The second kappa shape index (κ2) is 5.35. The fourth-order valence-electron chi connectivity index (χ4n) is 1.31. The Labute approximate surface area is 117 Å². The molecule has 1 aromatic carbocycles. The first-order valence-electron chi connectivity index (χ1n) is 4.92. The summed E-state index contributed by atoms with van der Waals surface area (Å²) in [5, 5.41) is 2.51. The van der Waals surface area contributed by atoms with Crippen LogP contribution in [0.4, 0.5) is 5.69 Å². The molecule has 2 rings (SSSR count). The zero-order valence-corrected chi connectivity index (χ0v) is 12.3. The number of anilines is 1. The number of halogens is 1. The van der Waals surface area contributed by atoms with Crippen molar-refractivity contribution in [3.05, 3.63) is 39.3 Å². The van der Waals surface area contributed by atoms with Gasteiger partial charge in [-0.05, 0) is 34.1 Å². The van der Waals surface area contributed by atoms with Crippen molar-refractivity contribution in [1.29, 1.82) is 0 Å². The van der Waals surface area contributed by atoms with E-state index in [4.69, 9.17) is 5.73 Å². The molecule has 0 bridgehead atoms. The third-order valence-corrected chi connectivity index (χ3v) is 5.30. The maximum Gasteiger partial charge on any atom is 0.242 e. The van der Waals surface area contributed by atoms with E-state index in [1.807, 2.05) is 0 Å². The molecule has 2 aromatic rings. The van der Waals surface area contributed by atoms with Crippen molar-refractivity contribution in [2.75, 3.05) is 5.73 Å². The van der Waals surface area contributed by atoms with Crippen LogP contribution in [0.1, 0.15) is 5.01 Å². The van der Waals surface area contributed by atoms with Crippen LogP contribution in [0.5, 0.6) is 0 Å². The second-order valence-corrected chi connectivity index (χ2v) is 7.01. The van der Waals surface area contributed by atoms with Crippen molar-refractivity contribution in [3.8, 4) is 0 Å². The summed E-state index contributed by atoms with van der Waals surface area (Å²) in [4.78, 5) is 4.17. The zero-order chi connectivity index (χ0) is 13.2. The number of nitrogen functional groups attached to an aromatic ring is 1. The zero-order valence-electron chi connectivity index (χ0n) is 9.13. The van der Waals surface area contributed by atoms with Gasteiger partial charge in [0.05, 0.1) is 11.4 Å². The normalized spacial score (nSPS) is 11.6. The summed E-state index contributed by atoms with van der Waals surface area (Å²) < 4.78 is 27.0. The van der Waals surface area contributed by atoms with Crippen molar-refractivity contribution < 1.29 is 8.42 Å². The lowest BCUT2D eigenvalue weighted by Crippen LogP contribution is -2.23. The fourth-order valence-corrected chi connectivity index (χ4v) is 4.04. The monoisotopic (exact) mass is 347 g/mol. The number of thiazole rings is 1. The van der Waals surface area contributed by atoms with Crippen molar-refractivity contribution in [1.82, 2.24) is 9.71 Å². The van der Waals surface area contributed by atoms with Crippen LogP contribution in [-0.2, 0) is 16.6 Å². The quantitative estimate of drug-likeness (QED) is 0.828. The number of sulfonamides is 1. The van der Waals surface area contributed by atoms with E-state index in [1.54, 1.807) is 23.7 Å². The summed E-state index contributed by atoms with van der Waals surface area (Å²) in [6.45, 7) is 0.177. The Morgan fingerprint density at radius 3 is 2.83 bits per heavy atom. The number of benzene rings is 1. The van der Waals surface area contributed by atoms with Gasteiger partial charge in [0.1, 0.15) is 5.01 Å². The lowest BCUT2D eigenvalue weighted by atomic mass is 10.3. The van der Waals surface area contributed by atoms with E-state index in [9.17, 15) is 8.42 Å². The molecule has 0 saturated heterocycles. The minimum absolute atomic E-state index is 0.160. The van der Waals surface area contributed by atoms with E-state index in [1.165, 1.54) is 17.4 Å². The molecular weight excluding hydrogens is 338 g/mol. The number of hydrogen-bond acceptors (Lipinski definition) is 5. The lowest BCUT2D eigenvalue weighted by Gasteiger charge is -2.07. The number of rotatable bonds is 4. The Morgan fingerprint density at radius 1 is 1.44 bits per heavy atom. The van der Waals surface area contributed by atoms with Gasteiger partial charge in [0.25, 0.3) is 0 Å². The molecule has 0 unspecified atom stereocenters. The van der Waals surface area contributed by atoms with Crippen LogP contribution in [-0.4, -0.2) is 13.4 Å². The second-order valence-electron chi connectivity index (χ2n) is 3.44. The third-order valence-electron chi connectivity index (χ3n) is 2.14. The SMILES string of the molecule is Nc1ccc(S(=O)(=O)NCc2nccs2)c(Br)c1. The Balaban J connectivity index is 2.20. The van der Waals surface area contributed by atoms with Gasteiger partial charge in [-0.3, -0.25) is 0 Å². The Hall–Kier alpha value is -0.960. The van der Waals surface area contributed by atoms with Crippen molar-refractivity contribution >= 4 is 43.0 Å². The number of nitrogens with two attached hydrogens (primary N) is 1. The van der Waals surface area contributed by atoms with E-state index >= 15 is 0 Å². The molecule has 0 aliphatic heterocycles. The first kappa shape index (κ1) is 13.5. The van der Waals surface area contributed by atoms with Gasteiger partial charge in [0.15, 0.2) is 0 Å². The highest BCUT2D eigenvalue weighted by Crippen LogP contribution is 2.24. The molecule has 0 fully saturated rings. The van der Waals surface area contributed by atoms with E-state index in [0.717, 1.165) is 0 Å². The predicted octanol–water partition coefficient (Wildman–Crippen LogP) is 1.97. The lowest BCUT2D eigenvalue weighted by molar-refractivity contribution is 0.580. The van der Waals surface area contributed by atoms with Crippen LogP contribution in [0.2, 0.25) is 0 Å². The highest BCUT2D eigenvalue weighted by atomic mass is 79.9. The first-order valence-corrected chi connectivity index (χ1v) is 8.08. The molecule has 18 heavy (non-hydrogen) atoms. The molecule has 96 valence electrons. The van der Waals surface area contributed by atoms with Crippen molar-refractivity contribution in [3.63, 3.8) is 0 Å². The van der Waals surface area contributed by atoms with Crippen LogP contribution in [0.3, 0.4) is 0 Å². The summed E-state index contributed by atoms with van der Waals surface area (Å²) in [7, 11) is -3.57. The summed E-state index contributed by atoms with van der Waals surface area (Å²) in [5.41, 5.74) is 6.07. The van der Waals surface area contributed by atoms with E-state index in [2.05, 4.69) is 25.6 Å². The van der Waals surface area contributed by atoms with Gasteiger partial charge >= 0.3 is 0 Å². The van der Waals surface area contributed by atoms with Gasteiger partial charge in [-0.2, -0.15) is 0 Å². The standard InChI is InChI=1S/C10H10BrN3O2S2/c11-8-5-7(12)1-2-9(8)18(15,16)14-6-10-13-3-4-17-10/h1-5,14H,6,12H2. The number of aromatic nitrogens is 1. The number of hydrogen-bond donors (Lipinski definition) is 2. The van der Waals surface area contributed by atoms with Gasteiger partial charge in [0.2, 0.25) is 10.0 Å². The molecule has 5 nitrogen and oxygen atoms in total. The molecule has 8 heteroatoms. The van der Waals surface area contributed by atoms with Crippen LogP contribution < -0.4 is 10.5 Å². The minimum atomic E-state index is -3.57. The summed E-state index contributed by atoms with van der Waals surface area (Å²) in [6.07, 6.45) is 1.63. The molecule has 0 saturated carbocycles. The Kier molecular flexibility index (Phi) is 4.00. The fraction of sp³-hybridized carbons (Fsp3) is 0.100. The van der Waals surface area contributed by atoms with Gasteiger partial charge in [-0.25, -0.2) is 18.1 Å². The average molecular weight is 348 g/mol. The molecule has 0 aliphatic carbocycles. The third kappa shape index (κ3) is 3.08. The number of nitrogens with one attached hydrogen (secondary N) is 1. The van der Waals surface area contributed by atoms with Crippen LogP contribution in [0, 0.1) is 0 Å². The smallest absolute Gasteiger partial charge is 0.242 e. The van der Waals surface area contributed by atoms with Gasteiger partial charge < -0.3 is 5.73 Å². The largest absolute Gasteiger partial charge is 0.399 e. The van der Waals surface area contributed by atoms with Gasteiger partial charge in [-0.1, -0.05) is 0 Å². The van der Waals surface area contributed by atoms with E-state index < -0.39 is 10.0 Å². The number of nitrogens with zero attached hydrogens (tertiary/aromatic N) is 1. The van der Waals surface area contributed by atoms with Crippen LogP contribution >= 0.6 is 27.3 Å². The molecule has 0 radical (unpaired) electrons. The average Bonchev–Trinajstić information content (AvgIpc) is 2.78. The summed E-state index contributed by atoms with van der Waals surface area (Å²) in [5.74, 6) is 0. The molecular formula is C10H10BrN3O2S2. The molecule has 0 amide bonds. The van der Waals surface area contributed by atoms with Gasteiger partial charge in [-0.15, -0.1) is 11.3 Å².